The third-order valence-electron chi connectivity index (χ3n) is 4.35. The molecule has 0 saturated heterocycles. The zero-order valence-corrected chi connectivity index (χ0v) is 18.9. The average molecular weight is 432 g/mol. The first-order valence-electron chi connectivity index (χ1n) is 9.94. The first-order chi connectivity index (χ1) is 14.8. The molecule has 0 saturated carbocycles. The molecule has 3 aromatic rings. The second-order valence-corrected chi connectivity index (χ2v) is 9.01. The standard InChI is InChI=1S/C25H25N3O2S/c1-17-10-12-18(13-11-17)20-14-22(19-8-6-5-7-9-19)28-23(21(20)15-26)31-16-27-24(29)30-25(2,3)4/h5-14H,16H2,1-4H3,(H,27,29). The van der Waals surface area contributed by atoms with Gasteiger partial charge in [0.2, 0.25) is 0 Å². The van der Waals surface area contributed by atoms with E-state index in [2.05, 4.69) is 11.4 Å². The minimum Gasteiger partial charge on any atom is -0.444 e. The average Bonchev–Trinajstić information content (AvgIpc) is 2.73. The van der Waals surface area contributed by atoms with Crippen molar-refractivity contribution in [3.8, 4) is 28.5 Å². The summed E-state index contributed by atoms with van der Waals surface area (Å²) < 4.78 is 5.28. The number of rotatable bonds is 5. The quantitative estimate of drug-likeness (QED) is 0.386. The van der Waals surface area contributed by atoms with Crippen molar-refractivity contribution in [1.29, 1.82) is 5.26 Å². The van der Waals surface area contributed by atoms with Crippen LogP contribution >= 0.6 is 11.8 Å². The summed E-state index contributed by atoms with van der Waals surface area (Å²) in [7, 11) is 0. The third-order valence-corrected chi connectivity index (χ3v) is 5.21. The van der Waals surface area contributed by atoms with Gasteiger partial charge in [-0.1, -0.05) is 71.9 Å². The smallest absolute Gasteiger partial charge is 0.408 e. The van der Waals surface area contributed by atoms with Crippen LogP contribution in [0.3, 0.4) is 0 Å². The molecule has 158 valence electrons. The summed E-state index contributed by atoms with van der Waals surface area (Å²) in [5, 5.41) is 13.2. The minimum atomic E-state index is -0.573. The number of aromatic nitrogens is 1. The maximum absolute atomic E-state index is 12.0. The van der Waals surface area contributed by atoms with Crippen LogP contribution in [0.1, 0.15) is 31.9 Å². The van der Waals surface area contributed by atoms with E-state index in [4.69, 9.17) is 9.72 Å². The van der Waals surface area contributed by atoms with Gasteiger partial charge in [0.05, 0.1) is 17.1 Å². The molecule has 0 bridgehead atoms. The van der Waals surface area contributed by atoms with Gasteiger partial charge >= 0.3 is 6.09 Å². The first kappa shape index (κ1) is 22.4. The highest BCUT2D eigenvalue weighted by Crippen LogP contribution is 2.34. The number of carbonyl (C=O) groups is 1. The number of pyridine rings is 1. The number of thioether (sulfide) groups is 1. The summed E-state index contributed by atoms with van der Waals surface area (Å²) in [6, 6.07) is 22.2. The fraction of sp³-hybridized carbons (Fsp3) is 0.240. The summed E-state index contributed by atoms with van der Waals surface area (Å²) in [6.07, 6.45) is -0.503. The Kier molecular flexibility index (Phi) is 6.98. The van der Waals surface area contributed by atoms with Gasteiger partial charge in [-0.05, 0) is 39.3 Å². The number of hydrogen-bond donors (Lipinski definition) is 1. The van der Waals surface area contributed by atoms with Crippen LogP contribution in [-0.2, 0) is 4.74 Å². The van der Waals surface area contributed by atoms with Crippen LogP contribution < -0.4 is 5.32 Å². The monoisotopic (exact) mass is 431 g/mol. The van der Waals surface area contributed by atoms with Crippen LogP contribution in [0.5, 0.6) is 0 Å². The van der Waals surface area contributed by atoms with Gasteiger partial charge in [0.1, 0.15) is 16.7 Å². The Labute approximate surface area is 187 Å². The lowest BCUT2D eigenvalue weighted by Gasteiger charge is -2.19. The topological polar surface area (TPSA) is 75.0 Å². The van der Waals surface area contributed by atoms with Gasteiger partial charge in [-0.2, -0.15) is 5.26 Å². The van der Waals surface area contributed by atoms with E-state index < -0.39 is 11.7 Å². The van der Waals surface area contributed by atoms with Crippen molar-refractivity contribution in [2.24, 2.45) is 0 Å². The second kappa shape index (κ2) is 9.67. The van der Waals surface area contributed by atoms with Crippen LogP contribution in [0.4, 0.5) is 4.79 Å². The summed E-state index contributed by atoms with van der Waals surface area (Å²) in [4.78, 5) is 16.7. The fourth-order valence-electron chi connectivity index (χ4n) is 2.93. The maximum Gasteiger partial charge on any atom is 0.408 e. The van der Waals surface area contributed by atoms with Crippen molar-refractivity contribution < 1.29 is 9.53 Å². The van der Waals surface area contributed by atoms with Crippen LogP contribution in [0.15, 0.2) is 65.7 Å². The van der Waals surface area contributed by atoms with Crippen molar-refractivity contribution in [1.82, 2.24) is 10.3 Å². The Balaban J connectivity index is 1.97. The number of amides is 1. The minimum absolute atomic E-state index is 0.238. The number of carbonyl (C=O) groups excluding carboxylic acids is 1. The molecule has 1 N–H and O–H groups in total. The van der Waals surface area contributed by atoms with Crippen molar-refractivity contribution in [3.05, 3.63) is 71.8 Å². The molecular formula is C25H25N3O2S. The molecule has 0 radical (unpaired) electrons. The number of ether oxygens (including phenoxy) is 1. The van der Waals surface area contributed by atoms with E-state index in [0.29, 0.717) is 10.6 Å². The van der Waals surface area contributed by atoms with Gasteiger partial charge in [0, 0.05) is 11.1 Å². The molecule has 5 nitrogen and oxygen atoms in total. The molecule has 0 aliphatic rings. The third kappa shape index (κ3) is 6.09. The van der Waals surface area contributed by atoms with Gasteiger partial charge in [0.15, 0.2) is 0 Å². The number of alkyl carbamates (subject to hydrolysis) is 1. The summed E-state index contributed by atoms with van der Waals surface area (Å²) in [5.74, 6) is 0.238. The maximum atomic E-state index is 12.0. The molecule has 0 spiro atoms. The fourth-order valence-corrected chi connectivity index (χ4v) is 3.72. The van der Waals surface area contributed by atoms with Gasteiger partial charge in [-0.25, -0.2) is 9.78 Å². The number of nitrogens with one attached hydrogen (secondary N) is 1. The Morgan fingerprint density at radius 3 is 2.39 bits per heavy atom. The molecule has 6 heteroatoms. The zero-order chi connectivity index (χ0) is 22.4. The molecule has 1 heterocycles. The molecule has 2 aromatic carbocycles. The first-order valence-corrected chi connectivity index (χ1v) is 10.9. The van der Waals surface area contributed by atoms with E-state index >= 15 is 0 Å². The summed E-state index contributed by atoms with van der Waals surface area (Å²) in [6.45, 7) is 7.46. The van der Waals surface area contributed by atoms with E-state index in [1.807, 2.05) is 88.4 Å². The molecule has 0 fully saturated rings. The number of hydrogen-bond acceptors (Lipinski definition) is 5. The largest absolute Gasteiger partial charge is 0.444 e. The highest BCUT2D eigenvalue weighted by molar-refractivity contribution is 7.99. The Bertz CT molecular complexity index is 1100. The predicted octanol–water partition coefficient (Wildman–Crippen LogP) is 6.17. The van der Waals surface area contributed by atoms with Crippen LogP contribution in [0.25, 0.3) is 22.4 Å². The van der Waals surface area contributed by atoms with Crippen LogP contribution in [0, 0.1) is 18.3 Å². The Morgan fingerprint density at radius 1 is 1.10 bits per heavy atom. The number of benzene rings is 2. The van der Waals surface area contributed by atoms with E-state index in [9.17, 15) is 10.1 Å². The normalized spacial score (nSPS) is 10.9. The van der Waals surface area contributed by atoms with Crippen molar-refractivity contribution in [2.45, 2.75) is 38.3 Å². The summed E-state index contributed by atoms with van der Waals surface area (Å²) in [5.41, 5.74) is 4.56. The molecule has 1 amide bonds. The van der Waals surface area contributed by atoms with Gasteiger partial charge in [0.25, 0.3) is 0 Å². The number of aryl methyl sites for hydroxylation is 1. The molecule has 0 aliphatic carbocycles. The van der Waals surface area contributed by atoms with Crippen molar-refractivity contribution >= 4 is 17.9 Å². The van der Waals surface area contributed by atoms with Crippen LogP contribution in [0.2, 0.25) is 0 Å². The highest BCUT2D eigenvalue weighted by Gasteiger charge is 2.18. The zero-order valence-electron chi connectivity index (χ0n) is 18.1. The highest BCUT2D eigenvalue weighted by atomic mass is 32.2. The van der Waals surface area contributed by atoms with E-state index in [1.54, 1.807) is 0 Å². The lowest BCUT2D eigenvalue weighted by molar-refractivity contribution is 0.0538. The molecule has 3 rings (SSSR count). The molecule has 0 aliphatic heterocycles. The van der Waals surface area contributed by atoms with Gasteiger partial charge in [-0.3, -0.25) is 0 Å². The molecule has 0 atom stereocenters. The molecule has 0 unspecified atom stereocenters. The Hall–Kier alpha value is -3.30. The lowest BCUT2D eigenvalue weighted by atomic mass is 9.98. The Morgan fingerprint density at radius 2 is 1.77 bits per heavy atom. The van der Waals surface area contributed by atoms with Crippen molar-refractivity contribution in [3.63, 3.8) is 0 Å². The second-order valence-electron chi connectivity index (χ2n) is 8.05. The van der Waals surface area contributed by atoms with E-state index in [0.717, 1.165) is 27.9 Å². The SMILES string of the molecule is Cc1ccc(-c2cc(-c3ccccc3)nc(SCNC(=O)OC(C)(C)C)c2C#N)cc1. The van der Waals surface area contributed by atoms with Crippen LogP contribution in [-0.4, -0.2) is 22.6 Å². The van der Waals surface area contributed by atoms with E-state index in [1.165, 1.54) is 11.8 Å². The summed E-state index contributed by atoms with van der Waals surface area (Å²) >= 11 is 1.30. The molecule has 31 heavy (non-hydrogen) atoms. The molecule has 1 aromatic heterocycles. The number of nitrogens with zero attached hydrogens (tertiary/aromatic N) is 2. The number of nitriles is 1. The van der Waals surface area contributed by atoms with E-state index in [-0.39, 0.29) is 5.88 Å². The predicted molar refractivity (Wildman–Crippen MR) is 125 cm³/mol. The lowest BCUT2D eigenvalue weighted by Crippen LogP contribution is -2.32. The van der Waals surface area contributed by atoms with Gasteiger partial charge in [-0.15, -0.1) is 0 Å². The molecular weight excluding hydrogens is 406 g/mol. The van der Waals surface area contributed by atoms with Gasteiger partial charge < -0.3 is 10.1 Å². The van der Waals surface area contributed by atoms with Crippen molar-refractivity contribution in [2.75, 3.05) is 5.88 Å².